The molecule has 190 valence electrons. The normalized spacial score (nSPS) is 19.9. The molecule has 1 fully saturated rings. The van der Waals surface area contributed by atoms with Crippen LogP contribution in [-0.2, 0) is 12.8 Å². The topological polar surface area (TPSA) is 33.7 Å². The fourth-order valence-electron chi connectivity index (χ4n) is 5.61. The van der Waals surface area contributed by atoms with Crippen molar-refractivity contribution in [3.63, 3.8) is 0 Å². The van der Waals surface area contributed by atoms with Gasteiger partial charge in [0.15, 0.2) is 0 Å². The van der Waals surface area contributed by atoms with E-state index < -0.39 is 0 Å². The lowest BCUT2D eigenvalue weighted by Crippen LogP contribution is -2.35. The van der Waals surface area contributed by atoms with E-state index in [0.717, 1.165) is 62.6 Å². The first-order valence-electron chi connectivity index (χ1n) is 13.3. The molecule has 0 saturated carbocycles. The minimum absolute atomic E-state index is 0.156. The number of methoxy groups -OCH3 is 1. The monoisotopic (exact) mass is 488 g/mol. The number of ether oxygens (including phenoxy) is 2. The second-order valence-corrected chi connectivity index (χ2v) is 9.99. The van der Waals surface area contributed by atoms with E-state index in [1.165, 1.54) is 36.0 Å². The molecular formula is C31H37FN2O2. The first kappa shape index (κ1) is 24.6. The van der Waals surface area contributed by atoms with Gasteiger partial charge in [0.25, 0.3) is 0 Å². The van der Waals surface area contributed by atoms with E-state index in [2.05, 4.69) is 52.7 Å². The van der Waals surface area contributed by atoms with E-state index in [1.807, 2.05) is 12.1 Å². The molecule has 2 aliphatic rings. The van der Waals surface area contributed by atoms with Crippen LogP contribution in [0.3, 0.4) is 0 Å². The van der Waals surface area contributed by atoms with E-state index in [0.29, 0.717) is 6.04 Å². The highest BCUT2D eigenvalue weighted by atomic mass is 19.1. The average Bonchev–Trinajstić information content (AvgIpc) is 3.09. The van der Waals surface area contributed by atoms with Gasteiger partial charge in [-0.05, 0) is 110 Å². The summed E-state index contributed by atoms with van der Waals surface area (Å²) in [6.45, 7) is 2.79. The standard InChI is InChI=1S/C31H37FN2O2/c1-35-29-15-16-30-24(22-29)5-4-19-34(27-11-9-25(32)10-12-27)31(30)21-23-7-13-28(14-8-23)36-20-17-26-6-2-3-18-33-26/h7-16,22,26,31,33H,2-6,17-21H2,1H3. The molecule has 0 bridgehead atoms. The molecule has 1 saturated heterocycles. The molecule has 3 aromatic carbocycles. The zero-order chi connectivity index (χ0) is 24.7. The third-order valence-corrected chi connectivity index (χ3v) is 7.59. The molecule has 0 radical (unpaired) electrons. The van der Waals surface area contributed by atoms with Gasteiger partial charge in [0.1, 0.15) is 17.3 Å². The third kappa shape index (κ3) is 6.01. The molecule has 0 aliphatic carbocycles. The van der Waals surface area contributed by atoms with Gasteiger partial charge in [-0.2, -0.15) is 0 Å². The number of rotatable bonds is 8. The first-order chi connectivity index (χ1) is 17.7. The summed E-state index contributed by atoms with van der Waals surface area (Å²) < 4.78 is 25.3. The van der Waals surface area contributed by atoms with Crippen LogP contribution >= 0.6 is 0 Å². The van der Waals surface area contributed by atoms with Crippen molar-refractivity contribution >= 4 is 5.69 Å². The van der Waals surface area contributed by atoms with Gasteiger partial charge in [0.05, 0.1) is 19.8 Å². The van der Waals surface area contributed by atoms with E-state index in [9.17, 15) is 4.39 Å². The van der Waals surface area contributed by atoms with Crippen LogP contribution in [0.15, 0.2) is 66.7 Å². The van der Waals surface area contributed by atoms with Gasteiger partial charge in [0, 0.05) is 18.3 Å². The number of nitrogens with one attached hydrogen (secondary N) is 1. The Morgan fingerprint density at radius 1 is 0.944 bits per heavy atom. The van der Waals surface area contributed by atoms with E-state index >= 15 is 0 Å². The van der Waals surface area contributed by atoms with Crippen LogP contribution in [0, 0.1) is 5.82 Å². The Labute approximate surface area is 214 Å². The molecule has 5 rings (SSSR count). The summed E-state index contributed by atoms with van der Waals surface area (Å²) in [5.74, 6) is 1.62. The summed E-state index contributed by atoms with van der Waals surface area (Å²) >= 11 is 0. The fourth-order valence-corrected chi connectivity index (χ4v) is 5.61. The van der Waals surface area contributed by atoms with Gasteiger partial charge in [-0.15, -0.1) is 0 Å². The second kappa shape index (κ2) is 11.8. The Kier molecular flexibility index (Phi) is 8.07. The van der Waals surface area contributed by atoms with Gasteiger partial charge < -0.3 is 19.7 Å². The largest absolute Gasteiger partial charge is 0.497 e. The molecule has 36 heavy (non-hydrogen) atoms. The smallest absolute Gasteiger partial charge is 0.123 e. The van der Waals surface area contributed by atoms with Gasteiger partial charge in [0.2, 0.25) is 0 Å². The van der Waals surface area contributed by atoms with Crippen LogP contribution in [0.25, 0.3) is 0 Å². The van der Waals surface area contributed by atoms with Crippen LogP contribution in [0.5, 0.6) is 11.5 Å². The Balaban J connectivity index is 1.33. The van der Waals surface area contributed by atoms with E-state index in [1.54, 1.807) is 19.2 Å². The lowest BCUT2D eigenvalue weighted by Gasteiger charge is -2.33. The summed E-state index contributed by atoms with van der Waals surface area (Å²) in [6, 6.07) is 22.6. The highest BCUT2D eigenvalue weighted by Crippen LogP contribution is 2.37. The number of hydrogen-bond acceptors (Lipinski definition) is 4. The van der Waals surface area contributed by atoms with Crippen LogP contribution in [0.1, 0.15) is 54.8 Å². The van der Waals surface area contributed by atoms with Crippen molar-refractivity contribution in [3.05, 3.63) is 89.2 Å². The lowest BCUT2D eigenvalue weighted by atomic mass is 9.93. The molecule has 2 atom stereocenters. The lowest BCUT2D eigenvalue weighted by molar-refractivity contribution is 0.268. The predicted molar refractivity (Wildman–Crippen MR) is 144 cm³/mol. The molecule has 2 unspecified atom stereocenters. The Morgan fingerprint density at radius 2 is 1.75 bits per heavy atom. The van der Waals surface area contributed by atoms with Gasteiger partial charge in [-0.25, -0.2) is 4.39 Å². The summed E-state index contributed by atoms with van der Waals surface area (Å²) in [4.78, 5) is 2.43. The van der Waals surface area contributed by atoms with E-state index in [-0.39, 0.29) is 11.9 Å². The molecule has 2 aliphatic heterocycles. The molecular weight excluding hydrogens is 451 g/mol. The zero-order valence-corrected chi connectivity index (χ0v) is 21.2. The average molecular weight is 489 g/mol. The van der Waals surface area contributed by atoms with Crippen molar-refractivity contribution in [1.29, 1.82) is 0 Å². The number of hydrogen-bond donors (Lipinski definition) is 1. The summed E-state index contributed by atoms with van der Waals surface area (Å²) in [5.41, 5.74) is 4.97. The minimum Gasteiger partial charge on any atom is -0.497 e. The highest BCUT2D eigenvalue weighted by molar-refractivity contribution is 5.52. The molecule has 5 heteroatoms. The molecule has 0 spiro atoms. The summed E-state index contributed by atoms with van der Waals surface area (Å²) in [5, 5.41) is 3.59. The number of fused-ring (bicyclic) bond motifs is 1. The first-order valence-corrected chi connectivity index (χ1v) is 13.3. The highest BCUT2D eigenvalue weighted by Gasteiger charge is 2.27. The predicted octanol–water partition coefficient (Wildman–Crippen LogP) is 6.48. The van der Waals surface area contributed by atoms with Crippen molar-refractivity contribution in [1.82, 2.24) is 5.32 Å². The quantitative estimate of drug-likeness (QED) is 0.393. The maximum absolute atomic E-state index is 13.7. The van der Waals surface area contributed by atoms with Gasteiger partial charge >= 0.3 is 0 Å². The van der Waals surface area contributed by atoms with Crippen LogP contribution < -0.4 is 19.7 Å². The SMILES string of the molecule is COc1ccc2c(c1)CCCN(c1ccc(F)cc1)C2Cc1ccc(OCCC2CCCCN2)cc1. The maximum Gasteiger partial charge on any atom is 0.123 e. The molecule has 0 aromatic heterocycles. The van der Waals surface area contributed by atoms with Crippen LogP contribution in [0.4, 0.5) is 10.1 Å². The van der Waals surface area contributed by atoms with Gasteiger partial charge in [-0.1, -0.05) is 24.6 Å². The van der Waals surface area contributed by atoms with Gasteiger partial charge in [-0.3, -0.25) is 0 Å². The molecule has 2 heterocycles. The van der Waals surface area contributed by atoms with Crippen molar-refractivity contribution in [2.75, 3.05) is 31.7 Å². The van der Waals surface area contributed by atoms with Crippen molar-refractivity contribution in [3.8, 4) is 11.5 Å². The molecule has 1 N–H and O–H groups in total. The maximum atomic E-state index is 13.7. The molecule has 0 amide bonds. The third-order valence-electron chi connectivity index (χ3n) is 7.59. The van der Waals surface area contributed by atoms with Crippen LogP contribution in [-0.4, -0.2) is 32.8 Å². The number of nitrogens with zero attached hydrogens (tertiary/aromatic N) is 1. The zero-order valence-electron chi connectivity index (χ0n) is 21.2. The van der Waals surface area contributed by atoms with Crippen LogP contribution in [0.2, 0.25) is 0 Å². The number of benzene rings is 3. The summed E-state index contributed by atoms with van der Waals surface area (Å²) in [7, 11) is 1.72. The molecule has 4 nitrogen and oxygen atoms in total. The van der Waals surface area contributed by atoms with Crippen molar-refractivity contribution < 1.29 is 13.9 Å². The van der Waals surface area contributed by atoms with Crippen molar-refractivity contribution in [2.45, 2.75) is 57.0 Å². The van der Waals surface area contributed by atoms with Crippen molar-refractivity contribution in [2.24, 2.45) is 0 Å². The molecule has 3 aromatic rings. The Hall–Kier alpha value is -3.05. The number of aryl methyl sites for hydroxylation is 1. The number of piperidine rings is 1. The fraction of sp³-hybridized carbons (Fsp3) is 0.419. The minimum atomic E-state index is -0.204. The Morgan fingerprint density at radius 3 is 2.50 bits per heavy atom. The Bertz CT molecular complexity index is 1110. The van der Waals surface area contributed by atoms with E-state index in [4.69, 9.17) is 9.47 Å². The second-order valence-electron chi connectivity index (χ2n) is 9.99. The number of halogens is 1. The number of anilines is 1. The summed E-state index contributed by atoms with van der Waals surface area (Å²) in [6.07, 6.45) is 7.82.